The van der Waals surface area contributed by atoms with Gasteiger partial charge in [0.15, 0.2) is 5.82 Å². The SMILES string of the molecule is Cc1c(Oc2ccnc(-n3cccn3)c2)cccc1C(=O)O. The standard InChI is InChI=1S/C16H13N3O3/c1-11-13(16(20)21)4-2-5-14(11)22-12-6-8-17-15(10-12)19-9-3-7-18-19/h2-10H,1H3,(H,20,21). The molecule has 0 fully saturated rings. The predicted octanol–water partition coefficient (Wildman–Crippen LogP) is 3.07. The fourth-order valence-corrected chi connectivity index (χ4v) is 2.08. The predicted molar refractivity (Wildman–Crippen MR) is 79.6 cm³/mol. The lowest BCUT2D eigenvalue weighted by molar-refractivity contribution is 0.0695. The first-order valence-electron chi connectivity index (χ1n) is 6.62. The van der Waals surface area contributed by atoms with Gasteiger partial charge in [-0.1, -0.05) is 6.07 Å². The van der Waals surface area contributed by atoms with E-state index in [0.717, 1.165) is 0 Å². The normalized spacial score (nSPS) is 10.4. The van der Waals surface area contributed by atoms with Crippen LogP contribution < -0.4 is 4.74 Å². The van der Waals surface area contributed by atoms with Gasteiger partial charge in [-0.3, -0.25) is 0 Å². The molecule has 0 bridgehead atoms. The van der Waals surface area contributed by atoms with Gasteiger partial charge in [0.2, 0.25) is 0 Å². The van der Waals surface area contributed by atoms with Gasteiger partial charge in [-0.2, -0.15) is 5.10 Å². The van der Waals surface area contributed by atoms with Crippen molar-refractivity contribution in [1.82, 2.24) is 14.8 Å². The number of benzene rings is 1. The summed E-state index contributed by atoms with van der Waals surface area (Å²) < 4.78 is 7.41. The summed E-state index contributed by atoms with van der Waals surface area (Å²) >= 11 is 0. The van der Waals surface area contributed by atoms with Crippen molar-refractivity contribution in [2.75, 3.05) is 0 Å². The Morgan fingerprint density at radius 2 is 2.09 bits per heavy atom. The third-order valence-corrected chi connectivity index (χ3v) is 3.20. The number of hydrogen-bond donors (Lipinski definition) is 1. The molecule has 22 heavy (non-hydrogen) atoms. The van der Waals surface area contributed by atoms with E-state index in [4.69, 9.17) is 9.84 Å². The van der Waals surface area contributed by atoms with Crippen LogP contribution in [0.3, 0.4) is 0 Å². The summed E-state index contributed by atoms with van der Waals surface area (Å²) in [6.07, 6.45) is 5.06. The second-order valence-electron chi connectivity index (χ2n) is 4.64. The summed E-state index contributed by atoms with van der Waals surface area (Å²) in [7, 11) is 0. The minimum absolute atomic E-state index is 0.221. The number of ether oxygens (including phenoxy) is 1. The largest absolute Gasteiger partial charge is 0.478 e. The average Bonchev–Trinajstić information content (AvgIpc) is 3.04. The number of aromatic nitrogens is 3. The van der Waals surface area contributed by atoms with E-state index < -0.39 is 5.97 Å². The molecule has 0 aliphatic carbocycles. The van der Waals surface area contributed by atoms with Gasteiger partial charge in [0.25, 0.3) is 0 Å². The molecular weight excluding hydrogens is 282 g/mol. The molecule has 0 unspecified atom stereocenters. The molecule has 1 N–H and O–H groups in total. The van der Waals surface area contributed by atoms with E-state index in [1.165, 1.54) is 0 Å². The zero-order valence-electron chi connectivity index (χ0n) is 11.8. The highest BCUT2D eigenvalue weighted by atomic mass is 16.5. The first-order valence-corrected chi connectivity index (χ1v) is 6.62. The van der Waals surface area contributed by atoms with Crippen LogP contribution in [0.1, 0.15) is 15.9 Å². The van der Waals surface area contributed by atoms with Gasteiger partial charge >= 0.3 is 5.97 Å². The van der Waals surface area contributed by atoms with Gasteiger partial charge < -0.3 is 9.84 Å². The molecule has 0 radical (unpaired) electrons. The van der Waals surface area contributed by atoms with Crippen molar-refractivity contribution in [3.8, 4) is 17.3 Å². The van der Waals surface area contributed by atoms with Crippen LogP contribution in [0.4, 0.5) is 0 Å². The van der Waals surface area contributed by atoms with Gasteiger partial charge in [-0.15, -0.1) is 0 Å². The van der Waals surface area contributed by atoms with Crippen LogP contribution in [0.25, 0.3) is 5.82 Å². The van der Waals surface area contributed by atoms with Crippen LogP contribution in [0.2, 0.25) is 0 Å². The molecule has 2 heterocycles. The number of carboxylic acid groups (broad SMARTS) is 1. The second kappa shape index (κ2) is 5.69. The lowest BCUT2D eigenvalue weighted by atomic mass is 10.1. The molecule has 6 heteroatoms. The smallest absolute Gasteiger partial charge is 0.336 e. The zero-order valence-corrected chi connectivity index (χ0v) is 11.8. The molecule has 0 spiro atoms. The summed E-state index contributed by atoms with van der Waals surface area (Å²) in [6.45, 7) is 1.72. The van der Waals surface area contributed by atoms with Gasteiger partial charge in [0, 0.05) is 30.2 Å². The number of carbonyl (C=O) groups is 1. The van der Waals surface area contributed by atoms with Crippen LogP contribution >= 0.6 is 0 Å². The van der Waals surface area contributed by atoms with E-state index in [1.54, 1.807) is 66.6 Å². The van der Waals surface area contributed by atoms with Crippen LogP contribution in [0.5, 0.6) is 11.5 Å². The average molecular weight is 295 g/mol. The molecular formula is C16H13N3O3. The summed E-state index contributed by atoms with van der Waals surface area (Å²) in [6, 6.07) is 10.2. The highest BCUT2D eigenvalue weighted by Gasteiger charge is 2.12. The van der Waals surface area contributed by atoms with Crippen molar-refractivity contribution >= 4 is 5.97 Å². The van der Waals surface area contributed by atoms with Crippen molar-refractivity contribution in [3.63, 3.8) is 0 Å². The van der Waals surface area contributed by atoms with Crippen molar-refractivity contribution in [3.05, 3.63) is 66.1 Å². The molecule has 3 rings (SSSR count). The molecule has 0 amide bonds. The molecule has 110 valence electrons. The van der Waals surface area contributed by atoms with Crippen molar-refractivity contribution < 1.29 is 14.6 Å². The Hall–Kier alpha value is -3.15. The number of pyridine rings is 1. The Bertz CT molecular complexity index is 813. The monoisotopic (exact) mass is 295 g/mol. The van der Waals surface area contributed by atoms with Crippen LogP contribution in [-0.2, 0) is 0 Å². The van der Waals surface area contributed by atoms with E-state index in [-0.39, 0.29) is 5.56 Å². The highest BCUT2D eigenvalue weighted by molar-refractivity contribution is 5.90. The first kappa shape index (κ1) is 13.8. The van der Waals surface area contributed by atoms with Gasteiger partial charge in [-0.25, -0.2) is 14.5 Å². The molecule has 0 atom stereocenters. The van der Waals surface area contributed by atoms with E-state index in [1.807, 2.05) is 0 Å². The third kappa shape index (κ3) is 2.67. The van der Waals surface area contributed by atoms with Crippen LogP contribution in [0, 0.1) is 6.92 Å². The third-order valence-electron chi connectivity index (χ3n) is 3.20. The molecule has 0 aliphatic heterocycles. The zero-order chi connectivity index (χ0) is 15.5. The Labute approximate surface area is 126 Å². The fraction of sp³-hybridized carbons (Fsp3) is 0.0625. The lowest BCUT2D eigenvalue weighted by Crippen LogP contribution is -2.01. The van der Waals surface area contributed by atoms with E-state index in [0.29, 0.717) is 22.9 Å². The number of carboxylic acids is 1. The van der Waals surface area contributed by atoms with Gasteiger partial charge in [-0.05, 0) is 31.2 Å². The number of rotatable bonds is 4. The topological polar surface area (TPSA) is 77.2 Å². The Balaban J connectivity index is 1.93. The summed E-state index contributed by atoms with van der Waals surface area (Å²) in [5.41, 5.74) is 0.798. The molecule has 1 aromatic carbocycles. The van der Waals surface area contributed by atoms with Gasteiger partial charge in [0.05, 0.1) is 5.56 Å². The molecule has 0 aliphatic rings. The second-order valence-corrected chi connectivity index (χ2v) is 4.64. The van der Waals surface area contributed by atoms with Crippen LogP contribution in [-0.4, -0.2) is 25.8 Å². The Morgan fingerprint density at radius 1 is 1.23 bits per heavy atom. The summed E-state index contributed by atoms with van der Waals surface area (Å²) in [5, 5.41) is 13.3. The lowest BCUT2D eigenvalue weighted by Gasteiger charge is -2.11. The minimum atomic E-state index is -0.977. The summed E-state index contributed by atoms with van der Waals surface area (Å²) in [4.78, 5) is 15.4. The maximum absolute atomic E-state index is 11.2. The van der Waals surface area contributed by atoms with E-state index >= 15 is 0 Å². The molecule has 2 aromatic heterocycles. The maximum atomic E-state index is 11.2. The Kier molecular flexibility index (Phi) is 3.57. The first-order chi connectivity index (χ1) is 10.6. The Morgan fingerprint density at radius 3 is 2.82 bits per heavy atom. The molecule has 6 nitrogen and oxygen atoms in total. The van der Waals surface area contributed by atoms with Crippen LogP contribution in [0.15, 0.2) is 55.0 Å². The molecule has 0 saturated heterocycles. The number of aromatic carboxylic acids is 1. The van der Waals surface area contributed by atoms with E-state index in [2.05, 4.69) is 10.1 Å². The van der Waals surface area contributed by atoms with Crippen molar-refractivity contribution in [2.24, 2.45) is 0 Å². The van der Waals surface area contributed by atoms with Crippen molar-refractivity contribution in [2.45, 2.75) is 6.92 Å². The highest BCUT2D eigenvalue weighted by Crippen LogP contribution is 2.27. The maximum Gasteiger partial charge on any atom is 0.336 e. The van der Waals surface area contributed by atoms with Crippen molar-refractivity contribution in [1.29, 1.82) is 0 Å². The molecule has 0 saturated carbocycles. The number of nitrogens with zero attached hydrogens (tertiary/aromatic N) is 3. The quantitative estimate of drug-likeness (QED) is 0.800. The minimum Gasteiger partial charge on any atom is -0.478 e. The van der Waals surface area contributed by atoms with E-state index in [9.17, 15) is 4.79 Å². The fourth-order valence-electron chi connectivity index (χ4n) is 2.08. The molecule has 3 aromatic rings. The number of hydrogen-bond acceptors (Lipinski definition) is 4. The summed E-state index contributed by atoms with van der Waals surface area (Å²) in [5.74, 6) is 0.702. The van der Waals surface area contributed by atoms with Gasteiger partial charge in [0.1, 0.15) is 11.5 Å².